The van der Waals surface area contributed by atoms with Gasteiger partial charge in [-0.3, -0.25) is 10.2 Å². The normalized spacial score (nSPS) is 15.3. The van der Waals surface area contributed by atoms with E-state index in [2.05, 4.69) is 17.1 Å². The molecule has 1 fully saturated rings. The van der Waals surface area contributed by atoms with Crippen molar-refractivity contribution in [3.63, 3.8) is 0 Å². The Morgan fingerprint density at radius 3 is 2.59 bits per heavy atom. The highest BCUT2D eigenvalue weighted by Gasteiger charge is 2.11. The van der Waals surface area contributed by atoms with Crippen molar-refractivity contribution in [2.45, 2.75) is 64.9 Å². The van der Waals surface area contributed by atoms with Crippen LogP contribution in [0.5, 0.6) is 0 Å². The Kier molecular flexibility index (Phi) is 10.9. The summed E-state index contributed by atoms with van der Waals surface area (Å²) in [4.78, 5) is 14.5. The van der Waals surface area contributed by atoms with Gasteiger partial charge in [-0.1, -0.05) is 57.2 Å². The molecule has 1 saturated heterocycles. The molecule has 0 saturated carbocycles. The topological polar surface area (TPSA) is 50.8 Å². The average Bonchev–Trinajstić information content (AvgIpc) is 2.95. The van der Waals surface area contributed by atoms with Crippen molar-refractivity contribution in [1.29, 1.82) is 0 Å². The van der Waals surface area contributed by atoms with Crippen molar-refractivity contribution in [2.24, 2.45) is 0 Å². The summed E-state index contributed by atoms with van der Waals surface area (Å²) >= 11 is 0. The highest BCUT2D eigenvalue weighted by molar-refractivity contribution is 5.85. The molecule has 1 aromatic carbocycles. The van der Waals surface area contributed by atoms with Gasteiger partial charge in [0.05, 0.1) is 6.61 Å². The van der Waals surface area contributed by atoms with Crippen LogP contribution in [0.2, 0.25) is 0 Å². The van der Waals surface area contributed by atoms with Gasteiger partial charge < -0.3 is 9.47 Å². The van der Waals surface area contributed by atoms with E-state index in [1.807, 2.05) is 24.3 Å². The molecule has 0 aromatic heterocycles. The number of hydrogen-bond donors (Lipinski definition) is 1. The number of anilines is 1. The first-order chi connectivity index (χ1) is 13.3. The molecule has 5 heteroatoms. The summed E-state index contributed by atoms with van der Waals surface area (Å²) in [6.45, 7) is 6.95. The molecule has 1 aliphatic heterocycles. The first kappa shape index (κ1) is 21.7. The first-order valence-electron chi connectivity index (χ1n) is 10.6. The summed E-state index contributed by atoms with van der Waals surface area (Å²) in [6.07, 6.45) is 9.51. The van der Waals surface area contributed by atoms with Crippen LogP contribution in [0.3, 0.4) is 0 Å². The average molecular weight is 377 g/mol. The quantitative estimate of drug-likeness (QED) is 0.539. The molecule has 0 atom stereocenters. The lowest BCUT2D eigenvalue weighted by atomic mass is 10.2. The first-order valence-corrected chi connectivity index (χ1v) is 10.6. The van der Waals surface area contributed by atoms with E-state index in [1.165, 1.54) is 44.9 Å². The molecule has 1 aliphatic rings. The van der Waals surface area contributed by atoms with Gasteiger partial charge in [0.2, 0.25) is 0 Å². The highest BCUT2D eigenvalue weighted by Crippen LogP contribution is 2.17. The van der Waals surface area contributed by atoms with E-state index in [-0.39, 0.29) is 6.09 Å². The minimum Gasteiger partial charge on any atom is -0.448 e. The molecular weight excluding hydrogens is 340 g/mol. The number of likely N-dealkylation sites (tertiary alicyclic amines) is 1. The fourth-order valence-electron chi connectivity index (χ4n) is 3.35. The van der Waals surface area contributed by atoms with E-state index in [1.54, 1.807) is 0 Å². The van der Waals surface area contributed by atoms with Gasteiger partial charge in [0.1, 0.15) is 6.61 Å². The van der Waals surface area contributed by atoms with E-state index in [9.17, 15) is 4.79 Å². The third-order valence-corrected chi connectivity index (χ3v) is 4.99. The van der Waals surface area contributed by atoms with Crippen LogP contribution in [0.15, 0.2) is 24.3 Å². The zero-order chi connectivity index (χ0) is 19.2. The van der Waals surface area contributed by atoms with Crippen molar-refractivity contribution in [2.75, 3.05) is 38.2 Å². The van der Waals surface area contributed by atoms with Crippen LogP contribution in [0, 0.1) is 0 Å². The van der Waals surface area contributed by atoms with Gasteiger partial charge in [0.15, 0.2) is 0 Å². The number of hydrogen-bond acceptors (Lipinski definition) is 4. The zero-order valence-electron chi connectivity index (χ0n) is 16.9. The fourth-order valence-corrected chi connectivity index (χ4v) is 3.35. The maximum absolute atomic E-state index is 12.1. The molecule has 0 bridgehead atoms. The standard InChI is InChI=1S/C22H36N2O3/c1-2-3-4-11-17-26-19-20-12-7-8-13-21(20)23-22(25)27-18-16-24-14-9-5-6-10-15-24/h7-8,12-13H,2-6,9-11,14-19H2,1H3,(H,23,25). The smallest absolute Gasteiger partial charge is 0.411 e. The van der Waals surface area contributed by atoms with Crippen LogP contribution in [-0.2, 0) is 16.1 Å². The number of benzene rings is 1. The van der Waals surface area contributed by atoms with Crippen LogP contribution >= 0.6 is 0 Å². The number of nitrogens with zero attached hydrogens (tertiary/aromatic N) is 1. The molecule has 1 N–H and O–H groups in total. The molecule has 5 nitrogen and oxygen atoms in total. The number of carbonyl (C=O) groups is 1. The van der Waals surface area contributed by atoms with Crippen molar-refractivity contribution < 1.29 is 14.3 Å². The maximum atomic E-state index is 12.1. The molecule has 0 aliphatic carbocycles. The minimum atomic E-state index is -0.389. The second kappa shape index (κ2) is 13.6. The molecule has 2 rings (SSSR count). The molecule has 1 aromatic rings. The van der Waals surface area contributed by atoms with Crippen molar-refractivity contribution >= 4 is 11.8 Å². The molecule has 0 radical (unpaired) electrons. The van der Waals surface area contributed by atoms with Gasteiger partial charge >= 0.3 is 6.09 Å². The monoisotopic (exact) mass is 376 g/mol. The van der Waals surface area contributed by atoms with Crippen LogP contribution in [-0.4, -0.2) is 43.8 Å². The largest absolute Gasteiger partial charge is 0.448 e. The predicted molar refractivity (Wildman–Crippen MR) is 110 cm³/mol. The Labute approximate surface area is 164 Å². The number of unbranched alkanes of at least 4 members (excludes halogenated alkanes) is 3. The maximum Gasteiger partial charge on any atom is 0.411 e. The van der Waals surface area contributed by atoms with Crippen LogP contribution < -0.4 is 5.32 Å². The summed E-state index contributed by atoms with van der Waals surface area (Å²) in [7, 11) is 0. The number of rotatable bonds is 11. The third-order valence-electron chi connectivity index (χ3n) is 4.99. The van der Waals surface area contributed by atoms with Gasteiger partial charge in [0, 0.05) is 24.4 Å². The summed E-state index contributed by atoms with van der Waals surface area (Å²) in [6, 6.07) is 7.76. The summed E-state index contributed by atoms with van der Waals surface area (Å²) < 4.78 is 11.1. The molecule has 1 heterocycles. The lowest BCUT2D eigenvalue weighted by molar-refractivity contribution is 0.117. The molecule has 27 heavy (non-hydrogen) atoms. The number of ether oxygens (including phenoxy) is 2. The Morgan fingerprint density at radius 1 is 1.04 bits per heavy atom. The molecule has 1 amide bonds. The Morgan fingerprint density at radius 2 is 1.81 bits per heavy atom. The molecule has 0 spiro atoms. The van der Waals surface area contributed by atoms with Crippen molar-refractivity contribution in [3.05, 3.63) is 29.8 Å². The second-order valence-corrected chi connectivity index (χ2v) is 7.29. The lowest BCUT2D eigenvalue weighted by Gasteiger charge is -2.19. The highest BCUT2D eigenvalue weighted by atomic mass is 16.5. The van der Waals surface area contributed by atoms with Gasteiger partial charge in [-0.2, -0.15) is 0 Å². The summed E-state index contributed by atoms with van der Waals surface area (Å²) in [5.41, 5.74) is 1.75. The number of para-hydroxylation sites is 1. The van der Waals surface area contributed by atoms with E-state index in [4.69, 9.17) is 9.47 Å². The fraction of sp³-hybridized carbons (Fsp3) is 0.682. The van der Waals surface area contributed by atoms with E-state index < -0.39 is 0 Å². The van der Waals surface area contributed by atoms with E-state index >= 15 is 0 Å². The Hall–Kier alpha value is -1.59. The lowest BCUT2D eigenvalue weighted by Crippen LogP contribution is -2.30. The summed E-state index contributed by atoms with van der Waals surface area (Å²) in [5, 5.41) is 2.86. The zero-order valence-corrected chi connectivity index (χ0v) is 16.9. The van der Waals surface area contributed by atoms with Gasteiger partial charge in [-0.15, -0.1) is 0 Å². The van der Waals surface area contributed by atoms with E-state index in [0.29, 0.717) is 13.2 Å². The van der Waals surface area contributed by atoms with Crippen molar-refractivity contribution in [3.8, 4) is 0 Å². The molecular formula is C22H36N2O3. The number of carbonyl (C=O) groups excluding carboxylic acids is 1. The third kappa shape index (κ3) is 9.25. The van der Waals surface area contributed by atoms with E-state index in [0.717, 1.165) is 43.9 Å². The summed E-state index contributed by atoms with van der Waals surface area (Å²) in [5.74, 6) is 0. The van der Waals surface area contributed by atoms with Crippen LogP contribution in [0.4, 0.5) is 10.5 Å². The van der Waals surface area contributed by atoms with Gasteiger partial charge in [-0.05, 0) is 38.4 Å². The number of nitrogens with one attached hydrogen (secondary N) is 1. The predicted octanol–water partition coefficient (Wildman–Crippen LogP) is 5.21. The Balaban J connectivity index is 1.68. The van der Waals surface area contributed by atoms with Gasteiger partial charge in [-0.25, -0.2) is 4.79 Å². The molecule has 152 valence electrons. The minimum absolute atomic E-state index is 0.389. The molecule has 0 unspecified atom stereocenters. The second-order valence-electron chi connectivity index (χ2n) is 7.29. The van der Waals surface area contributed by atoms with Crippen molar-refractivity contribution in [1.82, 2.24) is 4.90 Å². The Bertz CT molecular complexity index is 528. The number of amides is 1. The van der Waals surface area contributed by atoms with Gasteiger partial charge in [0.25, 0.3) is 0 Å². The SMILES string of the molecule is CCCCCCOCc1ccccc1NC(=O)OCCN1CCCCCC1. The van der Waals surface area contributed by atoms with Crippen LogP contribution in [0.1, 0.15) is 63.9 Å². The van der Waals surface area contributed by atoms with Crippen LogP contribution in [0.25, 0.3) is 0 Å².